The monoisotopic (exact) mass is 237 g/mol. The highest BCUT2D eigenvalue weighted by Gasteiger charge is 2.24. The molecule has 0 bridgehead atoms. The van der Waals surface area contributed by atoms with Crippen LogP contribution in [0.3, 0.4) is 0 Å². The Bertz CT molecular complexity index is 392. The second-order valence-electron chi connectivity index (χ2n) is 4.52. The highest BCUT2D eigenvalue weighted by molar-refractivity contribution is 8.00. The zero-order chi connectivity index (χ0) is 11.7. The molecule has 1 fully saturated rings. The maximum absolute atomic E-state index is 9.88. The summed E-state index contributed by atoms with van der Waals surface area (Å²) in [5.41, 5.74) is 2.98. The average Bonchev–Trinajstić information content (AvgIpc) is 2.65. The predicted octanol–water partition coefficient (Wildman–Crippen LogP) is 3.31. The molecule has 2 nitrogen and oxygen atoms in total. The molecule has 0 amide bonds. The van der Waals surface area contributed by atoms with Gasteiger partial charge in [-0.3, -0.25) is 0 Å². The molecule has 0 spiro atoms. The van der Waals surface area contributed by atoms with Crippen LogP contribution in [-0.2, 0) is 0 Å². The van der Waals surface area contributed by atoms with Gasteiger partial charge >= 0.3 is 0 Å². The quantitative estimate of drug-likeness (QED) is 0.827. The minimum atomic E-state index is 0.420. The first-order valence-electron chi connectivity index (χ1n) is 5.77. The highest BCUT2D eigenvalue weighted by Crippen LogP contribution is 2.33. The fourth-order valence-electron chi connectivity index (χ4n) is 2.11. The van der Waals surface area contributed by atoms with Crippen LogP contribution < -0.4 is 5.32 Å². The van der Waals surface area contributed by atoms with E-state index in [-0.39, 0.29) is 0 Å². The van der Waals surface area contributed by atoms with Crippen LogP contribution in [0.15, 0.2) is 12.1 Å². The number of nitrogens with one attached hydrogen (secondary N) is 1. The Morgan fingerprint density at radius 3 is 2.75 bits per heavy atom. The Hall–Kier alpha value is -0.830. The van der Waals surface area contributed by atoms with Crippen LogP contribution in [0, 0.1) is 13.8 Å². The Morgan fingerprint density at radius 1 is 1.38 bits per heavy atom. The first-order chi connectivity index (χ1) is 7.59. The number of anilines is 1. The van der Waals surface area contributed by atoms with Crippen molar-refractivity contribution in [2.24, 2.45) is 0 Å². The number of aromatic hydroxyl groups is 1. The van der Waals surface area contributed by atoms with E-state index in [1.54, 1.807) is 0 Å². The molecule has 0 saturated carbocycles. The van der Waals surface area contributed by atoms with E-state index in [0.29, 0.717) is 17.0 Å². The lowest BCUT2D eigenvalue weighted by molar-refractivity contribution is 0.467. The molecule has 1 aromatic rings. The second kappa shape index (κ2) is 4.58. The Kier molecular flexibility index (Phi) is 3.33. The molecule has 0 radical (unpaired) electrons. The first-order valence-corrected chi connectivity index (χ1v) is 6.82. The van der Waals surface area contributed by atoms with Gasteiger partial charge in [0.25, 0.3) is 0 Å². The summed E-state index contributed by atoms with van der Waals surface area (Å²) >= 11 is 2.01. The van der Waals surface area contributed by atoms with Crippen LogP contribution in [0.1, 0.15) is 24.5 Å². The van der Waals surface area contributed by atoms with Gasteiger partial charge in [-0.2, -0.15) is 11.8 Å². The van der Waals surface area contributed by atoms with E-state index in [0.717, 1.165) is 16.8 Å². The Morgan fingerprint density at radius 2 is 2.12 bits per heavy atom. The van der Waals surface area contributed by atoms with Crippen molar-refractivity contribution in [1.29, 1.82) is 0 Å². The van der Waals surface area contributed by atoms with Crippen LogP contribution in [0.4, 0.5) is 5.69 Å². The lowest BCUT2D eigenvalue weighted by Crippen LogP contribution is -2.25. The zero-order valence-electron chi connectivity index (χ0n) is 10.1. The smallest absolute Gasteiger partial charge is 0.123 e. The Balaban J connectivity index is 2.18. The third-order valence-electron chi connectivity index (χ3n) is 3.35. The van der Waals surface area contributed by atoms with Crippen LogP contribution in [0.5, 0.6) is 5.75 Å². The van der Waals surface area contributed by atoms with Crippen LogP contribution in [0.2, 0.25) is 0 Å². The molecule has 1 aromatic carbocycles. The van der Waals surface area contributed by atoms with E-state index in [1.807, 2.05) is 31.7 Å². The standard InChI is InChI=1S/C13H19NOS/c1-8-4-5-11(9(2)13(8)15)14-12-6-7-16-10(12)3/h4-5,10,12,14-15H,6-7H2,1-3H3. The van der Waals surface area contributed by atoms with E-state index < -0.39 is 0 Å². The minimum absolute atomic E-state index is 0.420. The SMILES string of the molecule is Cc1ccc(NC2CCSC2C)c(C)c1O. The third kappa shape index (κ3) is 2.14. The van der Waals surface area contributed by atoms with Crippen molar-refractivity contribution in [2.45, 2.75) is 38.5 Å². The van der Waals surface area contributed by atoms with Gasteiger partial charge in [-0.15, -0.1) is 0 Å². The van der Waals surface area contributed by atoms with Gasteiger partial charge in [-0.25, -0.2) is 0 Å². The molecule has 1 aliphatic heterocycles. The fraction of sp³-hybridized carbons (Fsp3) is 0.538. The van der Waals surface area contributed by atoms with Gasteiger partial charge in [-0.1, -0.05) is 13.0 Å². The van der Waals surface area contributed by atoms with Gasteiger partial charge in [0.05, 0.1) is 0 Å². The van der Waals surface area contributed by atoms with E-state index in [9.17, 15) is 5.11 Å². The normalized spacial score (nSPS) is 24.7. The number of rotatable bonds is 2. The molecule has 88 valence electrons. The number of benzene rings is 1. The molecule has 0 aliphatic carbocycles. The van der Waals surface area contributed by atoms with Crippen molar-refractivity contribution in [3.05, 3.63) is 23.3 Å². The molecule has 16 heavy (non-hydrogen) atoms. The molecular weight excluding hydrogens is 218 g/mol. The molecule has 2 N–H and O–H groups in total. The zero-order valence-corrected chi connectivity index (χ0v) is 10.9. The van der Waals surface area contributed by atoms with Gasteiger partial charge in [0.15, 0.2) is 0 Å². The van der Waals surface area contributed by atoms with Crippen molar-refractivity contribution in [3.8, 4) is 5.75 Å². The lowest BCUT2D eigenvalue weighted by atomic mass is 10.1. The second-order valence-corrected chi connectivity index (χ2v) is 6.00. The van der Waals surface area contributed by atoms with Crippen molar-refractivity contribution in [2.75, 3.05) is 11.1 Å². The van der Waals surface area contributed by atoms with Gasteiger partial charge in [-0.05, 0) is 37.7 Å². The number of hydrogen-bond donors (Lipinski definition) is 2. The maximum Gasteiger partial charge on any atom is 0.123 e. The molecule has 1 heterocycles. The van der Waals surface area contributed by atoms with E-state index >= 15 is 0 Å². The number of thioether (sulfide) groups is 1. The van der Waals surface area contributed by atoms with Crippen molar-refractivity contribution < 1.29 is 5.11 Å². The molecule has 1 saturated heterocycles. The van der Waals surface area contributed by atoms with Crippen LogP contribution >= 0.6 is 11.8 Å². The Labute approximate surface area is 101 Å². The largest absolute Gasteiger partial charge is 0.507 e. The predicted molar refractivity (Wildman–Crippen MR) is 71.5 cm³/mol. The molecule has 3 heteroatoms. The summed E-state index contributed by atoms with van der Waals surface area (Å²) in [5, 5.41) is 14.1. The summed E-state index contributed by atoms with van der Waals surface area (Å²) in [4.78, 5) is 0. The summed E-state index contributed by atoms with van der Waals surface area (Å²) < 4.78 is 0. The molecule has 2 unspecified atom stereocenters. The molecule has 0 aromatic heterocycles. The number of phenolic OH excluding ortho intramolecular Hbond substituents is 1. The summed E-state index contributed by atoms with van der Waals surface area (Å²) in [6, 6.07) is 4.57. The maximum atomic E-state index is 9.88. The lowest BCUT2D eigenvalue weighted by Gasteiger charge is -2.20. The van der Waals surface area contributed by atoms with Crippen LogP contribution in [-0.4, -0.2) is 22.2 Å². The van der Waals surface area contributed by atoms with E-state index in [4.69, 9.17) is 0 Å². The topological polar surface area (TPSA) is 32.3 Å². The summed E-state index contributed by atoms with van der Waals surface area (Å²) in [6.45, 7) is 6.16. The van der Waals surface area contributed by atoms with E-state index in [2.05, 4.69) is 18.3 Å². The van der Waals surface area contributed by atoms with Gasteiger partial charge in [0, 0.05) is 22.5 Å². The number of phenols is 1. The first kappa shape index (κ1) is 11.6. The van der Waals surface area contributed by atoms with E-state index in [1.165, 1.54) is 12.2 Å². The van der Waals surface area contributed by atoms with Crippen molar-refractivity contribution >= 4 is 17.4 Å². The summed E-state index contributed by atoms with van der Waals surface area (Å²) in [6.07, 6.45) is 1.21. The van der Waals surface area contributed by atoms with Crippen LogP contribution in [0.25, 0.3) is 0 Å². The highest BCUT2D eigenvalue weighted by atomic mass is 32.2. The van der Waals surface area contributed by atoms with Gasteiger partial charge in [0.2, 0.25) is 0 Å². The molecule has 1 aliphatic rings. The summed E-state index contributed by atoms with van der Waals surface area (Å²) in [7, 11) is 0. The van der Waals surface area contributed by atoms with Gasteiger partial charge < -0.3 is 10.4 Å². The molecular formula is C13H19NOS. The average molecular weight is 237 g/mol. The minimum Gasteiger partial charge on any atom is -0.507 e. The fourth-order valence-corrected chi connectivity index (χ4v) is 3.31. The molecule has 2 atom stereocenters. The summed E-state index contributed by atoms with van der Waals surface area (Å²) in [5.74, 6) is 1.65. The van der Waals surface area contributed by atoms with Gasteiger partial charge in [0.1, 0.15) is 5.75 Å². The van der Waals surface area contributed by atoms with Crippen molar-refractivity contribution in [3.63, 3.8) is 0 Å². The number of hydrogen-bond acceptors (Lipinski definition) is 3. The number of aryl methyl sites for hydroxylation is 1. The molecule has 2 rings (SSSR count). The third-order valence-corrected chi connectivity index (χ3v) is 4.68. The van der Waals surface area contributed by atoms with Crippen molar-refractivity contribution in [1.82, 2.24) is 0 Å².